The minimum absolute atomic E-state index is 0.815. The van der Waals surface area contributed by atoms with Gasteiger partial charge in [-0.2, -0.15) is 0 Å². The Balaban J connectivity index is 0.000000161. The summed E-state index contributed by atoms with van der Waals surface area (Å²) in [6.45, 7) is 0. The summed E-state index contributed by atoms with van der Waals surface area (Å²) in [5.41, 5.74) is 6.92. The van der Waals surface area contributed by atoms with Crippen molar-refractivity contribution in [1.29, 1.82) is 0 Å². The van der Waals surface area contributed by atoms with Crippen LogP contribution in [-0.4, -0.2) is 0 Å². The third kappa shape index (κ3) is 8.82. The summed E-state index contributed by atoms with van der Waals surface area (Å²) in [5, 5.41) is 0. The zero-order valence-corrected chi connectivity index (χ0v) is 24.1. The van der Waals surface area contributed by atoms with E-state index in [9.17, 15) is 0 Å². The molecule has 0 heterocycles. The smallest absolute Gasteiger partial charge is 0.0162 e. The summed E-state index contributed by atoms with van der Waals surface area (Å²) in [5.74, 6) is 2.57. The predicted octanol–water partition coefficient (Wildman–Crippen LogP) is 11.2. The lowest BCUT2D eigenvalue weighted by atomic mass is 9.78. The Kier molecular flexibility index (Phi) is 10.9. The fraction of sp³-hybridized carbons (Fsp3) is 0.350. The van der Waals surface area contributed by atoms with Crippen molar-refractivity contribution in [3.05, 3.63) is 144 Å². The number of hydrogen-bond acceptors (Lipinski definition) is 0. The standard InChI is InChI=1S/C20H28.C20H18/c2*1-3-7-17(8-4-1)11-12-18-13-15-20(16-14-18)19-9-5-2-6-10-19/h2,5-6,9-12,17-18,20H,1,3-4,7-8,13-16H2;1-10,13-16H,11-12H2. The van der Waals surface area contributed by atoms with Gasteiger partial charge in [-0.1, -0.05) is 147 Å². The minimum Gasteiger partial charge on any atom is -0.0851 e. The molecule has 0 heteroatoms. The quantitative estimate of drug-likeness (QED) is 0.210. The minimum atomic E-state index is 0.815. The van der Waals surface area contributed by atoms with Crippen LogP contribution in [0.5, 0.6) is 0 Å². The Labute approximate surface area is 243 Å². The highest BCUT2D eigenvalue weighted by molar-refractivity contribution is 5.63. The Morgan fingerprint density at radius 1 is 0.425 bits per heavy atom. The molecule has 2 aliphatic rings. The van der Waals surface area contributed by atoms with Crippen molar-refractivity contribution in [2.75, 3.05) is 0 Å². The van der Waals surface area contributed by atoms with Crippen molar-refractivity contribution in [1.82, 2.24) is 0 Å². The molecule has 0 aromatic heterocycles. The van der Waals surface area contributed by atoms with Gasteiger partial charge in [0.05, 0.1) is 0 Å². The fourth-order valence-electron chi connectivity index (χ4n) is 6.44. The maximum Gasteiger partial charge on any atom is -0.0162 e. The van der Waals surface area contributed by atoms with Crippen LogP contribution in [0, 0.1) is 11.8 Å². The van der Waals surface area contributed by atoms with E-state index in [2.05, 4.69) is 127 Å². The average molecular weight is 527 g/mol. The maximum atomic E-state index is 2.57. The van der Waals surface area contributed by atoms with E-state index < -0.39 is 0 Å². The first-order valence-corrected chi connectivity index (χ1v) is 15.7. The van der Waals surface area contributed by atoms with Crippen molar-refractivity contribution in [2.24, 2.45) is 11.8 Å². The molecule has 4 aromatic rings. The molecule has 0 saturated heterocycles. The maximum absolute atomic E-state index is 2.57. The fourth-order valence-corrected chi connectivity index (χ4v) is 6.44. The molecule has 206 valence electrons. The monoisotopic (exact) mass is 526 g/mol. The summed E-state index contributed by atoms with van der Waals surface area (Å²) < 4.78 is 0. The molecule has 0 bridgehead atoms. The molecule has 0 nitrogen and oxygen atoms in total. The molecule has 4 aromatic carbocycles. The SMILES string of the molecule is C(=CC1CCC(c2ccccc2)CC1)C1CCCCC1.c1ccc(CCc2ccc(-c3ccccc3)cc2)cc1. The van der Waals surface area contributed by atoms with Crippen LogP contribution >= 0.6 is 0 Å². The lowest BCUT2D eigenvalue weighted by Gasteiger charge is -2.27. The third-order valence-corrected chi connectivity index (χ3v) is 8.95. The Bertz CT molecular complexity index is 1240. The van der Waals surface area contributed by atoms with Gasteiger partial charge in [0.1, 0.15) is 0 Å². The van der Waals surface area contributed by atoms with E-state index >= 15 is 0 Å². The topological polar surface area (TPSA) is 0 Å². The van der Waals surface area contributed by atoms with Gasteiger partial charge in [0.25, 0.3) is 0 Å². The van der Waals surface area contributed by atoms with Crippen LogP contribution < -0.4 is 0 Å². The number of rotatable bonds is 7. The average Bonchev–Trinajstić information content (AvgIpc) is 3.05. The molecule has 0 N–H and O–H groups in total. The molecule has 0 unspecified atom stereocenters. The summed E-state index contributed by atoms with van der Waals surface area (Å²) in [6, 6.07) is 41.2. The lowest BCUT2D eigenvalue weighted by Crippen LogP contribution is -2.12. The van der Waals surface area contributed by atoms with Crippen molar-refractivity contribution in [3.63, 3.8) is 0 Å². The van der Waals surface area contributed by atoms with Crippen molar-refractivity contribution >= 4 is 0 Å². The van der Waals surface area contributed by atoms with Gasteiger partial charge in [-0.15, -0.1) is 0 Å². The van der Waals surface area contributed by atoms with Gasteiger partial charge < -0.3 is 0 Å². The van der Waals surface area contributed by atoms with Crippen LogP contribution in [-0.2, 0) is 12.8 Å². The van der Waals surface area contributed by atoms with E-state index in [-0.39, 0.29) is 0 Å². The number of hydrogen-bond donors (Lipinski definition) is 0. The van der Waals surface area contributed by atoms with Crippen molar-refractivity contribution in [3.8, 4) is 11.1 Å². The molecule has 2 saturated carbocycles. The normalized spacial score (nSPS) is 19.6. The highest BCUT2D eigenvalue weighted by Crippen LogP contribution is 2.36. The summed E-state index contributed by atoms with van der Waals surface area (Å²) in [6.07, 6.45) is 20.1. The van der Waals surface area contributed by atoms with Crippen LogP contribution in [0.2, 0.25) is 0 Å². The highest BCUT2D eigenvalue weighted by Gasteiger charge is 2.21. The van der Waals surface area contributed by atoms with E-state index in [0.717, 1.165) is 30.6 Å². The molecule has 0 aliphatic heterocycles. The second-order valence-electron chi connectivity index (χ2n) is 11.9. The third-order valence-electron chi connectivity index (χ3n) is 8.95. The van der Waals surface area contributed by atoms with Gasteiger partial charge in [-0.3, -0.25) is 0 Å². The molecule has 0 amide bonds. The molecule has 0 atom stereocenters. The predicted molar refractivity (Wildman–Crippen MR) is 173 cm³/mol. The first-order valence-electron chi connectivity index (χ1n) is 15.7. The first kappa shape index (κ1) is 28.2. The molecular formula is C40H46. The van der Waals surface area contributed by atoms with Gasteiger partial charge in [0, 0.05) is 0 Å². The van der Waals surface area contributed by atoms with Gasteiger partial charge in [0.2, 0.25) is 0 Å². The Morgan fingerprint density at radius 2 is 0.900 bits per heavy atom. The van der Waals surface area contributed by atoms with Crippen LogP contribution in [0.15, 0.2) is 127 Å². The largest absolute Gasteiger partial charge is 0.0851 e. The molecule has 6 rings (SSSR count). The second kappa shape index (κ2) is 15.4. The molecule has 2 fully saturated rings. The van der Waals surface area contributed by atoms with E-state index in [0.29, 0.717) is 0 Å². The van der Waals surface area contributed by atoms with Crippen LogP contribution in [0.3, 0.4) is 0 Å². The first-order chi connectivity index (χ1) is 19.8. The molecule has 0 spiro atoms. The molecular weight excluding hydrogens is 480 g/mol. The van der Waals surface area contributed by atoms with Crippen LogP contribution in [0.4, 0.5) is 0 Å². The summed E-state index contributed by atoms with van der Waals surface area (Å²) in [7, 11) is 0. The summed E-state index contributed by atoms with van der Waals surface area (Å²) >= 11 is 0. The van der Waals surface area contributed by atoms with Crippen LogP contribution in [0.25, 0.3) is 11.1 Å². The van der Waals surface area contributed by atoms with E-state index in [1.54, 1.807) is 5.56 Å². The van der Waals surface area contributed by atoms with E-state index in [1.165, 1.54) is 80.0 Å². The molecule has 2 aliphatic carbocycles. The Morgan fingerprint density at radius 3 is 1.50 bits per heavy atom. The van der Waals surface area contributed by atoms with E-state index in [4.69, 9.17) is 0 Å². The molecule has 0 radical (unpaired) electrons. The van der Waals surface area contributed by atoms with Crippen LogP contribution in [0.1, 0.15) is 80.4 Å². The van der Waals surface area contributed by atoms with Gasteiger partial charge in [-0.05, 0) is 96.9 Å². The second-order valence-corrected chi connectivity index (χ2v) is 11.9. The molecule has 40 heavy (non-hydrogen) atoms. The lowest BCUT2D eigenvalue weighted by molar-refractivity contribution is 0.370. The van der Waals surface area contributed by atoms with Crippen molar-refractivity contribution in [2.45, 2.75) is 76.5 Å². The number of aryl methyl sites for hydroxylation is 2. The highest BCUT2D eigenvalue weighted by atomic mass is 14.3. The van der Waals surface area contributed by atoms with Gasteiger partial charge in [0.15, 0.2) is 0 Å². The zero-order chi connectivity index (χ0) is 27.2. The Hall–Kier alpha value is -3.38. The summed E-state index contributed by atoms with van der Waals surface area (Å²) in [4.78, 5) is 0. The van der Waals surface area contributed by atoms with E-state index in [1.807, 2.05) is 0 Å². The van der Waals surface area contributed by atoms with Gasteiger partial charge >= 0.3 is 0 Å². The zero-order valence-electron chi connectivity index (χ0n) is 24.1. The van der Waals surface area contributed by atoms with Crippen molar-refractivity contribution < 1.29 is 0 Å². The number of allylic oxidation sites excluding steroid dienone is 2. The van der Waals surface area contributed by atoms with Gasteiger partial charge in [-0.25, -0.2) is 0 Å². The number of benzene rings is 4.